The molecule has 0 atom stereocenters. The van der Waals surface area contributed by atoms with Gasteiger partial charge in [0.25, 0.3) is 0 Å². The maximum atomic E-state index is 7.00. The normalized spacial score (nSPS) is 8.75. The van der Waals surface area contributed by atoms with Crippen molar-refractivity contribution < 1.29 is 5.11 Å². The lowest BCUT2D eigenvalue weighted by Crippen LogP contribution is -1.93. The Morgan fingerprint density at radius 2 is 1.56 bits per heavy atom. The fraction of sp³-hybridized carbons (Fsp3) is 0.600. The minimum atomic E-state index is 0.810. The summed E-state index contributed by atoms with van der Waals surface area (Å²) in [5, 5.41) is 7.00. The number of aryl methyl sites for hydroxylation is 2. The largest absolute Gasteiger partial charge is 0.400 e. The summed E-state index contributed by atoms with van der Waals surface area (Å²) in [5.74, 6) is 0.810. The summed E-state index contributed by atoms with van der Waals surface area (Å²) in [6.07, 6.45) is 2.52. The van der Waals surface area contributed by atoms with Gasteiger partial charge in [0, 0.05) is 7.11 Å². The van der Waals surface area contributed by atoms with Crippen LogP contribution in [-0.4, -0.2) is 12.2 Å². The lowest BCUT2D eigenvalue weighted by molar-refractivity contribution is 0.399. The molecule has 0 aliphatic heterocycles. The van der Waals surface area contributed by atoms with Crippen LogP contribution >= 0.6 is 0 Å². The van der Waals surface area contributed by atoms with Gasteiger partial charge in [-0.15, -0.1) is 0 Å². The van der Waals surface area contributed by atoms with Crippen molar-refractivity contribution in [3.63, 3.8) is 0 Å². The molecule has 1 heteroatoms. The first-order valence-corrected chi connectivity index (χ1v) is 6.19. The molecule has 0 aliphatic carbocycles. The molecule has 0 bridgehead atoms. The molecule has 1 N–H and O–H groups in total. The molecule has 1 nitrogen and oxygen atoms in total. The van der Waals surface area contributed by atoms with E-state index in [-0.39, 0.29) is 0 Å². The standard InChI is InChI=1S/C12H18.C2H6.CH4O/c1-10(2)8-9-12-7-5-4-6-11(12)3;2*1-2/h4-7,10H,8-9H2,1-3H3;1-2H3;2H,1H3. The van der Waals surface area contributed by atoms with E-state index in [9.17, 15) is 0 Å². The number of aliphatic hydroxyl groups is 1. The van der Waals surface area contributed by atoms with Crippen LogP contribution < -0.4 is 0 Å². The summed E-state index contributed by atoms with van der Waals surface area (Å²) < 4.78 is 0. The van der Waals surface area contributed by atoms with Gasteiger partial charge >= 0.3 is 0 Å². The number of rotatable bonds is 3. The van der Waals surface area contributed by atoms with Gasteiger partial charge in [0.2, 0.25) is 0 Å². The van der Waals surface area contributed by atoms with E-state index < -0.39 is 0 Å². The average Bonchev–Trinajstić information content (AvgIpc) is 2.33. The highest BCUT2D eigenvalue weighted by Crippen LogP contribution is 2.12. The SMILES string of the molecule is CC.CO.Cc1ccccc1CCC(C)C. The number of benzene rings is 1. The third-order valence-electron chi connectivity index (χ3n) is 2.25. The predicted octanol–water partition coefficient (Wildman–Crippen LogP) is 4.22. The van der Waals surface area contributed by atoms with E-state index in [0.717, 1.165) is 13.0 Å². The van der Waals surface area contributed by atoms with Crippen LogP contribution in [0.4, 0.5) is 0 Å². The van der Waals surface area contributed by atoms with Crippen molar-refractivity contribution in [3.05, 3.63) is 35.4 Å². The molecule has 0 spiro atoms. The van der Waals surface area contributed by atoms with Gasteiger partial charge in [0.15, 0.2) is 0 Å². The maximum Gasteiger partial charge on any atom is 0.0319 e. The van der Waals surface area contributed by atoms with Crippen LogP contribution in [0, 0.1) is 12.8 Å². The van der Waals surface area contributed by atoms with Crippen molar-refractivity contribution in [1.29, 1.82) is 0 Å². The molecule has 0 heterocycles. The molecule has 94 valence electrons. The summed E-state index contributed by atoms with van der Waals surface area (Å²) in [5.41, 5.74) is 2.93. The molecule has 16 heavy (non-hydrogen) atoms. The van der Waals surface area contributed by atoms with E-state index >= 15 is 0 Å². The molecule has 0 unspecified atom stereocenters. The molecule has 0 fully saturated rings. The Bertz CT molecular complexity index is 241. The summed E-state index contributed by atoms with van der Waals surface area (Å²) in [6, 6.07) is 8.66. The van der Waals surface area contributed by atoms with Crippen LogP contribution in [0.2, 0.25) is 0 Å². The first-order valence-electron chi connectivity index (χ1n) is 6.19. The summed E-state index contributed by atoms with van der Waals surface area (Å²) in [4.78, 5) is 0. The van der Waals surface area contributed by atoms with Crippen molar-refractivity contribution in [1.82, 2.24) is 0 Å². The fourth-order valence-corrected chi connectivity index (χ4v) is 1.33. The molecule has 0 aromatic heterocycles. The van der Waals surface area contributed by atoms with Crippen LogP contribution in [0.5, 0.6) is 0 Å². The lowest BCUT2D eigenvalue weighted by Gasteiger charge is -2.06. The zero-order valence-electron chi connectivity index (χ0n) is 11.7. The summed E-state index contributed by atoms with van der Waals surface area (Å²) in [7, 11) is 1.00. The van der Waals surface area contributed by atoms with Crippen molar-refractivity contribution in [2.24, 2.45) is 5.92 Å². The Balaban J connectivity index is 0. The highest BCUT2D eigenvalue weighted by Gasteiger charge is 1.98. The summed E-state index contributed by atoms with van der Waals surface area (Å²) >= 11 is 0. The highest BCUT2D eigenvalue weighted by atomic mass is 16.2. The van der Waals surface area contributed by atoms with Gasteiger partial charge in [-0.25, -0.2) is 0 Å². The van der Waals surface area contributed by atoms with Crippen LogP contribution in [-0.2, 0) is 6.42 Å². The number of hydrogen-bond donors (Lipinski definition) is 1. The van der Waals surface area contributed by atoms with Crippen LogP contribution in [0.15, 0.2) is 24.3 Å². The van der Waals surface area contributed by atoms with Gasteiger partial charge in [-0.05, 0) is 36.8 Å². The Kier molecular flexibility index (Phi) is 13.5. The molecule has 1 aromatic rings. The van der Waals surface area contributed by atoms with Gasteiger partial charge in [0.1, 0.15) is 0 Å². The molecule has 0 saturated carbocycles. The fourth-order valence-electron chi connectivity index (χ4n) is 1.33. The quantitative estimate of drug-likeness (QED) is 0.815. The van der Waals surface area contributed by atoms with E-state index in [1.807, 2.05) is 13.8 Å². The minimum absolute atomic E-state index is 0.810. The molecule has 0 amide bonds. The highest BCUT2D eigenvalue weighted by molar-refractivity contribution is 5.25. The van der Waals surface area contributed by atoms with Gasteiger partial charge in [0.05, 0.1) is 0 Å². The molecular formula is C15H28O. The van der Waals surface area contributed by atoms with Gasteiger partial charge < -0.3 is 5.11 Å². The Hall–Kier alpha value is -0.820. The smallest absolute Gasteiger partial charge is 0.0319 e. The third-order valence-corrected chi connectivity index (χ3v) is 2.25. The van der Waals surface area contributed by atoms with Crippen LogP contribution in [0.3, 0.4) is 0 Å². The topological polar surface area (TPSA) is 20.2 Å². The van der Waals surface area contributed by atoms with E-state index in [4.69, 9.17) is 5.11 Å². The van der Waals surface area contributed by atoms with Gasteiger partial charge in [-0.2, -0.15) is 0 Å². The first-order chi connectivity index (χ1) is 7.70. The van der Waals surface area contributed by atoms with Crippen LogP contribution in [0.1, 0.15) is 45.2 Å². The molecular weight excluding hydrogens is 196 g/mol. The monoisotopic (exact) mass is 224 g/mol. The predicted molar refractivity (Wildman–Crippen MR) is 73.8 cm³/mol. The van der Waals surface area contributed by atoms with Crippen LogP contribution in [0.25, 0.3) is 0 Å². The molecule has 1 rings (SSSR count). The Labute approximate surface area is 102 Å². The van der Waals surface area contributed by atoms with Crippen molar-refractivity contribution in [3.8, 4) is 0 Å². The second kappa shape index (κ2) is 12.3. The second-order valence-electron chi connectivity index (χ2n) is 3.86. The van der Waals surface area contributed by atoms with Gasteiger partial charge in [-0.1, -0.05) is 52.0 Å². The van der Waals surface area contributed by atoms with Crippen molar-refractivity contribution in [2.75, 3.05) is 7.11 Å². The lowest BCUT2D eigenvalue weighted by atomic mass is 9.99. The average molecular weight is 224 g/mol. The van der Waals surface area contributed by atoms with E-state index in [0.29, 0.717) is 0 Å². The second-order valence-corrected chi connectivity index (χ2v) is 3.86. The van der Waals surface area contributed by atoms with Gasteiger partial charge in [-0.3, -0.25) is 0 Å². The summed E-state index contributed by atoms with van der Waals surface area (Å²) in [6.45, 7) is 10.7. The molecule has 0 aliphatic rings. The van der Waals surface area contributed by atoms with E-state index in [1.54, 1.807) is 0 Å². The zero-order valence-corrected chi connectivity index (χ0v) is 11.7. The third kappa shape index (κ3) is 8.49. The number of hydrogen-bond acceptors (Lipinski definition) is 1. The Morgan fingerprint density at radius 1 is 1.06 bits per heavy atom. The molecule has 1 aromatic carbocycles. The Morgan fingerprint density at radius 3 is 2.00 bits per heavy atom. The number of aliphatic hydroxyl groups excluding tert-OH is 1. The van der Waals surface area contributed by atoms with E-state index in [1.165, 1.54) is 24.0 Å². The van der Waals surface area contributed by atoms with Crippen molar-refractivity contribution in [2.45, 2.75) is 47.5 Å². The minimum Gasteiger partial charge on any atom is -0.400 e. The molecule has 0 radical (unpaired) electrons. The zero-order chi connectivity index (χ0) is 13.0. The van der Waals surface area contributed by atoms with Crippen molar-refractivity contribution >= 4 is 0 Å². The first kappa shape index (κ1) is 17.6. The van der Waals surface area contributed by atoms with E-state index in [2.05, 4.69) is 45.0 Å². The maximum absolute atomic E-state index is 7.00. The molecule has 0 saturated heterocycles.